The van der Waals surface area contributed by atoms with Gasteiger partial charge in [-0.05, 0) is 37.3 Å². The van der Waals surface area contributed by atoms with Gasteiger partial charge in [-0.2, -0.15) is 0 Å². The molecule has 5 nitrogen and oxygen atoms in total. The topological polar surface area (TPSA) is 59.9 Å². The molecule has 0 fully saturated rings. The number of nitrogens with zero attached hydrogens (tertiary/aromatic N) is 1. The molecule has 0 saturated heterocycles. The molecular weight excluding hydrogens is 304 g/mol. The summed E-state index contributed by atoms with van der Waals surface area (Å²) in [7, 11) is 1.64. The maximum Gasteiger partial charge on any atom is 0.308 e. The third-order valence-corrected chi connectivity index (χ3v) is 3.89. The first-order valence-electron chi connectivity index (χ1n) is 7.95. The zero-order valence-electron chi connectivity index (χ0n) is 13.8. The summed E-state index contributed by atoms with van der Waals surface area (Å²) in [6, 6.07) is 15.3. The minimum atomic E-state index is -0.251. The number of amidine groups is 1. The number of para-hydroxylation sites is 1. The Labute approximate surface area is 141 Å². The summed E-state index contributed by atoms with van der Waals surface area (Å²) in [6.07, 6.45) is 0.228. The zero-order valence-corrected chi connectivity index (χ0v) is 13.8. The smallest absolute Gasteiger partial charge is 0.308 e. The quantitative estimate of drug-likeness (QED) is 0.854. The second-order valence-electron chi connectivity index (χ2n) is 5.44. The minimum Gasteiger partial charge on any atom is -0.497 e. The van der Waals surface area contributed by atoms with Crippen LogP contribution in [-0.2, 0) is 9.53 Å². The fourth-order valence-corrected chi connectivity index (χ4v) is 2.72. The van der Waals surface area contributed by atoms with Crippen molar-refractivity contribution in [2.75, 3.05) is 19.0 Å². The molecule has 0 bridgehead atoms. The number of ether oxygens (including phenoxy) is 2. The molecule has 0 spiro atoms. The number of carbonyl (C=O) groups is 1. The number of hydrogen-bond acceptors (Lipinski definition) is 5. The van der Waals surface area contributed by atoms with Crippen molar-refractivity contribution < 1.29 is 14.3 Å². The van der Waals surface area contributed by atoms with E-state index in [9.17, 15) is 4.79 Å². The first kappa shape index (κ1) is 16.1. The molecule has 2 aromatic rings. The summed E-state index contributed by atoms with van der Waals surface area (Å²) in [5.74, 6) is 1.29. The number of rotatable bonds is 5. The van der Waals surface area contributed by atoms with Crippen molar-refractivity contribution in [1.29, 1.82) is 0 Å². The van der Waals surface area contributed by atoms with Crippen LogP contribution in [0.1, 0.15) is 30.5 Å². The molecule has 0 radical (unpaired) electrons. The molecule has 3 rings (SSSR count). The van der Waals surface area contributed by atoms with Crippen LogP contribution in [0.4, 0.5) is 5.69 Å². The van der Waals surface area contributed by atoms with E-state index in [1.807, 2.05) is 48.5 Å². The Morgan fingerprint density at radius 3 is 2.62 bits per heavy atom. The van der Waals surface area contributed by atoms with Crippen LogP contribution in [0, 0.1) is 0 Å². The van der Waals surface area contributed by atoms with Gasteiger partial charge in [-0.15, -0.1) is 0 Å². The molecule has 24 heavy (non-hydrogen) atoms. The standard InChI is InChI=1S/C19H20N2O3/c1-3-24-18(22)12-17-15-6-4-5-7-16(15)20-19(21-17)13-8-10-14(23-2)11-9-13/h4-11,17H,3,12H2,1-2H3,(H,20,21). The molecule has 1 heterocycles. The largest absolute Gasteiger partial charge is 0.497 e. The van der Waals surface area contributed by atoms with Crippen LogP contribution >= 0.6 is 0 Å². The van der Waals surface area contributed by atoms with Crippen LogP contribution in [0.5, 0.6) is 5.75 Å². The molecule has 124 valence electrons. The third-order valence-electron chi connectivity index (χ3n) is 3.89. The molecule has 1 atom stereocenters. The van der Waals surface area contributed by atoms with Crippen molar-refractivity contribution in [3.63, 3.8) is 0 Å². The number of esters is 1. The van der Waals surface area contributed by atoms with E-state index < -0.39 is 0 Å². The highest BCUT2D eigenvalue weighted by molar-refractivity contribution is 6.10. The van der Waals surface area contributed by atoms with Gasteiger partial charge in [-0.25, -0.2) is 0 Å². The molecule has 1 N–H and O–H groups in total. The SMILES string of the molecule is CCOC(=O)CC1N=C(c2ccc(OC)cc2)Nc2ccccc21. The predicted octanol–water partition coefficient (Wildman–Crippen LogP) is 3.56. The van der Waals surface area contributed by atoms with Crippen molar-refractivity contribution in [2.24, 2.45) is 4.99 Å². The Bertz CT molecular complexity index is 753. The molecule has 0 aliphatic carbocycles. The summed E-state index contributed by atoms with van der Waals surface area (Å²) < 4.78 is 10.3. The highest BCUT2D eigenvalue weighted by Crippen LogP contribution is 2.33. The van der Waals surface area contributed by atoms with Gasteiger partial charge in [0, 0.05) is 16.8 Å². The van der Waals surface area contributed by atoms with Crippen LogP contribution in [0.25, 0.3) is 0 Å². The first-order valence-corrected chi connectivity index (χ1v) is 7.95. The van der Waals surface area contributed by atoms with Crippen molar-refractivity contribution in [3.8, 4) is 5.75 Å². The lowest BCUT2D eigenvalue weighted by atomic mass is 9.99. The van der Waals surface area contributed by atoms with E-state index in [1.165, 1.54) is 0 Å². The summed E-state index contributed by atoms with van der Waals surface area (Å²) >= 11 is 0. The zero-order chi connectivity index (χ0) is 16.9. The fraction of sp³-hybridized carbons (Fsp3) is 0.263. The Hall–Kier alpha value is -2.82. The molecule has 0 amide bonds. The molecule has 5 heteroatoms. The van der Waals surface area contributed by atoms with Crippen LogP contribution in [0.2, 0.25) is 0 Å². The van der Waals surface area contributed by atoms with E-state index in [0.717, 1.165) is 28.4 Å². The van der Waals surface area contributed by atoms with Crippen molar-refractivity contribution in [1.82, 2.24) is 0 Å². The summed E-state index contributed by atoms with van der Waals surface area (Å²) in [4.78, 5) is 16.7. The highest BCUT2D eigenvalue weighted by atomic mass is 16.5. The second kappa shape index (κ2) is 7.17. The Kier molecular flexibility index (Phi) is 4.79. The summed E-state index contributed by atoms with van der Waals surface area (Å²) in [6.45, 7) is 2.18. The molecule has 1 aliphatic rings. The van der Waals surface area contributed by atoms with Crippen molar-refractivity contribution >= 4 is 17.5 Å². The van der Waals surface area contributed by atoms with Gasteiger partial charge in [0.1, 0.15) is 11.6 Å². The lowest BCUT2D eigenvalue weighted by molar-refractivity contribution is -0.143. The Balaban J connectivity index is 1.92. The maximum atomic E-state index is 11.9. The normalized spacial score (nSPS) is 15.8. The van der Waals surface area contributed by atoms with Gasteiger partial charge in [-0.3, -0.25) is 9.79 Å². The number of anilines is 1. The van der Waals surface area contributed by atoms with Gasteiger partial charge >= 0.3 is 5.97 Å². The highest BCUT2D eigenvalue weighted by Gasteiger charge is 2.24. The van der Waals surface area contributed by atoms with E-state index in [2.05, 4.69) is 5.32 Å². The second-order valence-corrected chi connectivity index (χ2v) is 5.44. The van der Waals surface area contributed by atoms with Crippen LogP contribution in [0.3, 0.4) is 0 Å². The number of methoxy groups -OCH3 is 1. The van der Waals surface area contributed by atoms with E-state index in [4.69, 9.17) is 14.5 Å². The lowest BCUT2D eigenvalue weighted by Crippen LogP contribution is -2.23. The number of benzene rings is 2. The van der Waals surface area contributed by atoms with E-state index in [-0.39, 0.29) is 18.4 Å². The fourth-order valence-electron chi connectivity index (χ4n) is 2.72. The molecule has 0 saturated carbocycles. The lowest BCUT2D eigenvalue weighted by Gasteiger charge is -2.25. The molecule has 1 unspecified atom stereocenters. The third kappa shape index (κ3) is 3.40. The van der Waals surface area contributed by atoms with E-state index in [1.54, 1.807) is 14.0 Å². The summed E-state index contributed by atoms with van der Waals surface area (Å²) in [5.41, 5.74) is 2.91. The van der Waals surface area contributed by atoms with Crippen LogP contribution in [0.15, 0.2) is 53.5 Å². The Morgan fingerprint density at radius 1 is 1.17 bits per heavy atom. The number of carbonyl (C=O) groups excluding carboxylic acids is 1. The molecule has 0 aromatic heterocycles. The minimum absolute atomic E-state index is 0.228. The Morgan fingerprint density at radius 2 is 1.92 bits per heavy atom. The van der Waals surface area contributed by atoms with E-state index >= 15 is 0 Å². The molecule has 1 aliphatic heterocycles. The van der Waals surface area contributed by atoms with Gasteiger partial charge in [0.25, 0.3) is 0 Å². The molecule has 2 aromatic carbocycles. The van der Waals surface area contributed by atoms with Crippen LogP contribution < -0.4 is 10.1 Å². The average molecular weight is 324 g/mol. The van der Waals surface area contributed by atoms with Crippen LogP contribution in [-0.4, -0.2) is 25.5 Å². The predicted molar refractivity (Wildman–Crippen MR) is 93.6 cm³/mol. The maximum absolute atomic E-state index is 11.9. The first-order chi connectivity index (χ1) is 11.7. The van der Waals surface area contributed by atoms with Gasteiger partial charge in [0.15, 0.2) is 0 Å². The number of hydrogen-bond donors (Lipinski definition) is 1. The number of aliphatic imine (C=N–C) groups is 1. The monoisotopic (exact) mass is 324 g/mol. The van der Waals surface area contributed by atoms with Crippen molar-refractivity contribution in [3.05, 3.63) is 59.7 Å². The molecular formula is C19H20N2O3. The summed E-state index contributed by atoms with van der Waals surface area (Å²) in [5, 5.41) is 3.34. The number of fused-ring (bicyclic) bond motifs is 1. The van der Waals surface area contributed by atoms with Gasteiger partial charge in [0.2, 0.25) is 0 Å². The average Bonchev–Trinajstić information content (AvgIpc) is 2.62. The van der Waals surface area contributed by atoms with Gasteiger partial charge < -0.3 is 14.8 Å². The van der Waals surface area contributed by atoms with Gasteiger partial charge in [0.05, 0.1) is 26.2 Å². The van der Waals surface area contributed by atoms with Crippen molar-refractivity contribution in [2.45, 2.75) is 19.4 Å². The van der Waals surface area contributed by atoms with Gasteiger partial charge in [-0.1, -0.05) is 18.2 Å². The number of nitrogens with one attached hydrogen (secondary N) is 1. The van der Waals surface area contributed by atoms with E-state index in [0.29, 0.717) is 6.61 Å².